The van der Waals surface area contributed by atoms with E-state index in [1.807, 2.05) is 100 Å². The maximum Gasteiger partial charge on any atom is 0.419 e. The van der Waals surface area contributed by atoms with Crippen LogP contribution in [0.15, 0.2) is 97.1 Å². The molecule has 12 nitrogen and oxygen atoms in total. The molecule has 0 bridgehead atoms. The summed E-state index contributed by atoms with van der Waals surface area (Å²) in [5.74, 6) is -2.65. The van der Waals surface area contributed by atoms with Gasteiger partial charge in [-0.15, -0.1) is 0 Å². The van der Waals surface area contributed by atoms with Crippen LogP contribution in [0.3, 0.4) is 0 Å². The molecule has 4 aromatic rings. The third-order valence-electron chi connectivity index (χ3n) is 7.88. The van der Waals surface area contributed by atoms with E-state index in [0.29, 0.717) is 23.9 Å². The van der Waals surface area contributed by atoms with Crippen LogP contribution in [-0.4, -0.2) is 50.7 Å². The molecule has 0 aliphatic carbocycles. The standard InChI is InChI=1S/C40H46N4O8/c1-27-15-28(2)18-31(17-27)21-49-39(35(43-23-41-25-45)33-11-7-5-8-12-33)51-37(47)38(48)52-40(50-22-32-19-29(3)16-30(4)20-32)36(44-24-42-26-46)34-13-9-6-10-14-34/h5-20,25-26,35-36,39-40,43-44H,21-24H2,1-4H3,(H,41,45)(H,42,46)/t35-,36-,39?,40?/m0/s1. The molecule has 0 heterocycles. The zero-order valence-electron chi connectivity index (χ0n) is 29.8. The van der Waals surface area contributed by atoms with E-state index in [-0.39, 0.29) is 26.6 Å². The number of benzene rings is 4. The molecule has 0 spiro atoms. The number of esters is 2. The van der Waals surface area contributed by atoms with Gasteiger partial charge < -0.3 is 29.6 Å². The molecular formula is C40H46N4O8. The number of amides is 2. The molecule has 0 aliphatic rings. The molecule has 0 aromatic heterocycles. The highest BCUT2D eigenvalue weighted by molar-refractivity contribution is 6.29. The van der Waals surface area contributed by atoms with Crippen molar-refractivity contribution in [2.24, 2.45) is 0 Å². The van der Waals surface area contributed by atoms with Crippen LogP contribution < -0.4 is 21.3 Å². The topological polar surface area (TPSA) is 153 Å². The molecule has 4 N–H and O–H groups in total. The van der Waals surface area contributed by atoms with Crippen molar-refractivity contribution in [3.63, 3.8) is 0 Å². The number of rotatable bonds is 20. The highest BCUT2D eigenvalue weighted by atomic mass is 16.7. The second-order valence-corrected chi connectivity index (χ2v) is 12.3. The highest BCUT2D eigenvalue weighted by Crippen LogP contribution is 2.25. The lowest BCUT2D eigenvalue weighted by Crippen LogP contribution is -2.44. The van der Waals surface area contributed by atoms with Gasteiger partial charge in [0.1, 0.15) is 0 Å². The van der Waals surface area contributed by atoms with Gasteiger partial charge in [0.05, 0.1) is 38.6 Å². The van der Waals surface area contributed by atoms with E-state index in [1.165, 1.54) is 0 Å². The van der Waals surface area contributed by atoms with Crippen molar-refractivity contribution in [1.82, 2.24) is 21.3 Å². The quantitative estimate of drug-likeness (QED) is 0.0340. The second kappa shape index (κ2) is 20.4. The van der Waals surface area contributed by atoms with Crippen molar-refractivity contribution in [2.45, 2.75) is 65.6 Å². The summed E-state index contributed by atoms with van der Waals surface area (Å²) < 4.78 is 24.0. The van der Waals surface area contributed by atoms with Crippen molar-refractivity contribution in [3.05, 3.63) is 142 Å². The lowest BCUT2D eigenvalue weighted by molar-refractivity contribution is -0.213. The van der Waals surface area contributed by atoms with Gasteiger partial charge in [0.15, 0.2) is 0 Å². The smallest absolute Gasteiger partial charge is 0.419 e. The zero-order valence-corrected chi connectivity index (χ0v) is 29.8. The number of aryl methyl sites for hydroxylation is 4. The summed E-state index contributed by atoms with van der Waals surface area (Å²) in [4.78, 5) is 49.5. The fraction of sp³-hybridized carbons (Fsp3) is 0.300. The number of carbonyl (C=O) groups is 4. The predicted octanol–water partition coefficient (Wildman–Crippen LogP) is 4.46. The summed E-state index contributed by atoms with van der Waals surface area (Å²) in [7, 11) is 0. The Labute approximate surface area is 304 Å². The summed E-state index contributed by atoms with van der Waals surface area (Å²) in [6.45, 7) is 8.00. The monoisotopic (exact) mass is 710 g/mol. The maximum atomic E-state index is 13.6. The molecule has 0 fully saturated rings. The van der Waals surface area contributed by atoms with Gasteiger partial charge in [-0.05, 0) is 49.9 Å². The second-order valence-electron chi connectivity index (χ2n) is 12.3. The van der Waals surface area contributed by atoms with Crippen molar-refractivity contribution in [3.8, 4) is 0 Å². The summed E-state index contributed by atoms with van der Waals surface area (Å²) >= 11 is 0. The minimum Gasteiger partial charge on any atom is -0.425 e. The molecule has 0 aliphatic heterocycles. The molecule has 4 rings (SSSR count). The van der Waals surface area contributed by atoms with Gasteiger partial charge in [0, 0.05) is 0 Å². The van der Waals surface area contributed by atoms with Crippen LogP contribution in [0.4, 0.5) is 0 Å². The van der Waals surface area contributed by atoms with Crippen molar-refractivity contribution in [2.75, 3.05) is 13.3 Å². The van der Waals surface area contributed by atoms with Crippen molar-refractivity contribution in [1.29, 1.82) is 0 Å². The van der Waals surface area contributed by atoms with Gasteiger partial charge in [-0.2, -0.15) is 0 Å². The number of hydrogen-bond donors (Lipinski definition) is 4. The summed E-state index contributed by atoms with van der Waals surface area (Å²) in [5, 5.41) is 11.4. The molecule has 2 amide bonds. The Hall–Kier alpha value is -5.40. The van der Waals surface area contributed by atoms with Crippen LogP contribution in [0.5, 0.6) is 0 Å². The average molecular weight is 711 g/mol. The Balaban J connectivity index is 1.62. The molecule has 0 radical (unpaired) electrons. The number of ether oxygens (including phenoxy) is 4. The van der Waals surface area contributed by atoms with E-state index < -0.39 is 36.6 Å². The van der Waals surface area contributed by atoms with Gasteiger partial charge in [0.25, 0.3) is 0 Å². The lowest BCUT2D eigenvalue weighted by atomic mass is 10.1. The third kappa shape index (κ3) is 12.4. The lowest BCUT2D eigenvalue weighted by Gasteiger charge is -2.30. The fourth-order valence-electron chi connectivity index (χ4n) is 5.85. The van der Waals surface area contributed by atoms with Crippen LogP contribution in [0.1, 0.15) is 56.6 Å². The first kappa shape index (κ1) is 39.4. The van der Waals surface area contributed by atoms with Gasteiger partial charge in [-0.1, -0.05) is 119 Å². The van der Waals surface area contributed by atoms with Crippen molar-refractivity contribution >= 4 is 24.8 Å². The minimum atomic E-state index is -1.34. The molecule has 0 saturated heterocycles. The van der Waals surface area contributed by atoms with Crippen molar-refractivity contribution < 1.29 is 38.1 Å². The maximum absolute atomic E-state index is 13.6. The van der Waals surface area contributed by atoms with Gasteiger partial charge >= 0.3 is 11.9 Å². The van der Waals surface area contributed by atoms with E-state index in [9.17, 15) is 19.2 Å². The number of nitrogens with one attached hydrogen (secondary N) is 4. The average Bonchev–Trinajstić information content (AvgIpc) is 3.12. The fourth-order valence-corrected chi connectivity index (χ4v) is 5.85. The first-order valence-electron chi connectivity index (χ1n) is 16.9. The van der Waals surface area contributed by atoms with Gasteiger partial charge in [-0.25, -0.2) is 9.59 Å². The Kier molecular flexibility index (Phi) is 15.5. The van der Waals surface area contributed by atoms with Crippen LogP contribution >= 0.6 is 0 Å². The Bertz CT molecular complexity index is 1590. The van der Waals surface area contributed by atoms with E-state index in [1.54, 1.807) is 24.3 Å². The molecule has 4 aromatic carbocycles. The van der Waals surface area contributed by atoms with E-state index in [2.05, 4.69) is 21.3 Å². The predicted molar refractivity (Wildman–Crippen MR) is 194 cm³/mol. The number of carbonyl (C=O) groups excluding carboxylic acids is 4. The van der Waals surface area contributed by atoms with E-state index in [0.717, 1.165) is 33.4 Å². The number of hydrogen-bond acceptors (Lipinski definition) is 10. The molecule has 4 atom stereocenters. The summed E-state index contributed by atoms with van der Waals surface area (Å²) in [6, 6.07) is 28.4. The van der Waals surface area contributed by atoms with Crippen LogP contribution in [0.25, 0.3) is 0 Å². The van der Waals surface area contributed by atoms with E-state index >= 15 is 0 Å². The van der Waals surface area contributed by atoms with Crippen LogP contribution in [0.2, 0.25) is 0 Å². The SMILES string of the molecule is Cc1cc(C)cc(COC(OC(=O)C(=O)OC(OCc2cc(C)cc(C)c2)[C@@H](NCNC=O)c2ccccc2)[C@@H](NCNC=O)c2ccccc2)c1. The Morgan fingerprint density at radius 1 is 0.558 bits per heavy atom. The molecule has 274 valence electrons. The highest BCUT2D eigenvalue weighted by Gasteiger charge is 2.35. The molecule has 0 saturated carbocycles. The van der Waals surface area contributed by atoms with Gasteiger partial charge in [0.2, 0.25) is 25.4 Å². The summed E-state index contributed by atoms with van der Waals surface area (Å²) in [6.07, 6.45) is -1.62. The molecular weight excluding hydrogens is 664 g/mol. The molecule has 52 heavy (non-hydrogen) atoms. The normalized spacial score (nSPS) is 13.2. The Morgan fingerprint density at radius 3 is 1.23 bits per heavy atom. The Morgan fingerprint density at radius 2 is 0.904 bits per heavy atom. The van der Waals surface area contributed by atoms with E-state index in [4.69, 9.17) is 18.9 Å². The first-order chi connectivity index (χ1) is 25.2. The first-order valence-corrected chi connectivity index (χ1v) is 16.9. The zero-order chi connectivity index (χ0) is 37.3. The van der Waals surface area contributed by atoms with Crippen LogP contribution in [-0.2, 0) is 51.3 Å². The minimum absolute atomic E-state index is 0.0159. The van der Waals surface area contributed by atoms with Crippen LogP contribution in [0, 0.1) is 27.7 Å². The van der Waals surface area contributed by atoms with Gasteiger partial charge in [-0.3, -0.25) is 20.2 Å². The third-order valence-corrected chi connectivity index (χ3v) is 7.88. The molecule has 12 heteroatoms. The molecule has 2 unspecified atom stereocenters. The largest absolute Gasteiger partial charge is 0.425 e. The summed E-state index contributed by atoms with van der Waals surface area (Å²) in [5.41, 5.74) is 7.13.